The van der Waals surface area contributed by atoms with Crippen LogP contribution in [0.3, 0.4) is 0 Å². The second kappa shape index (κ2) is 5.64. The average molecular weight is 358 g/mol. The lowest BCUT2D eigenvalue weighted by Crippen LogP contribution is -2.11. The molecule has 102 valence electrons. The molecule has 0 saturated carbocycles. The molecular formula is C15H8BrN3OS. The van der Waals surface area contributed by atoms with Crippen molar-refractivity contribution in [2.24, 2.45) is 0 Å². The predicted octanol–water partition coefficient (Wildman–Crippen LogP) is 4.18. The van der Waals surface area contributed by atoms with E-state index in [9.17, 15) is 4.79 Å². The second-order valence-electron chi connectivity index (χ2n) is 4.25. The lowest BCUT2D eigenvalue weighted by atomic mass is 10.1. The van der Waals surface area contributed by atoms with Gasteiger partial charge in [-0.1, -0.05) is 23.5 Å². The third-order valence-electron chi connectivity index (χ3n) is 2.84. The minimum Gasteiger partial charge on any atom is -0.298 e. The first-order valence-corrected chi connectivity index (χ1v) is 7.65. The van der Waals surface area contributed by atoms with Crippen LogP contribution in [0.5, 0.6) is 0 Å². The zero-order chi connectivity index (χ0) is 14.8. The molecule has 4 nitrogen and oxygen atoms in total. The van der Waals surface area contributed by atoms with E-state index in [-0.39, 0.29) is 5.91 Å². The van der Waals surface area contributed by atoms with Crippen LogP contribution in [-0.4, -0.2) is 10.9 Å². The van der Waals surface area contributed by atoms with Crippen molar-refractivity contribution in [3.8, 4) is 6.07 Å². The highest BCUT2D eigenvalue weighted by molar-refractivity contribution is 9.10. The number of benzene rings is 2. The van der Waals surface area contributed by atoms with E-state index in [1.54, 1.807) is 24.3 Å². The van der Waals surface area contributed by atoms with Gasteiger partial charge in [-0.2, -0.15) is 5.26 Å². The van der Waals surface area contributed by atoms with Crippen LogP contribution in [0.4, 0.5) is 5.13 Å². The van der Waals surface area contributed by atoms with Gasteiger partial charge in [0.15, 0.2) is 5.13 Å². The number of nitrogens with zero attached hydrogens (tertiary/aromatic N) is 2. The van der Waals surface area contributed by atoms with Crippen LogP contribution in [0.2, 0.25) is 0 Å². The maximum atomic E-state index is 12.2. The molecule has 0 atom stereocenters. The van der Waals surface area contributed by atoms with Gasteiger partial charge in [-0.05, 0) is 46.3 Å². The third-order valence-corrected chi connectivity index (χ3v) is 4.42. The van der Waals surface area contributed by atoms with Crippen molar-refractivity contribution >= 4 is 48.5 Å². The van der Waals surface area contributed by atoms with Gasteiger partial charge in [0.1, 0.15) is 0 Å². The Labute approximate surface area is 133 Å². The number of carbonyl (C=O) groups is 1. The number of halogens is 1. The Morgan fingerprint density at radius 1 is 1.29 bits per heavy atom. The number of hydrogen-bond acceptors (Lipinski definition) is 4. The quantitative estimate of drug-likeness (QED) is 0.747. The highest BCUT2D eigenvalue weighted by atomic mass is 79.9. The van der Waals surface area contributed by atoms with E-state index in [1.807, 2.05) is 24.3 Å². The topological polar surface area (TPSA) is 65.8 Å². The molecule has 3 aromatic rings. The summed E-state index contributed by atoms with van der Waals surface area (Å²) < 4.78 is 1.88. The van der Waals surface area contributed by atoms with Crippen molar-refractivity contribution < 1.29 is 4.79 Å². The summed E-state index contributed by atoms with van der Waals surface area (Å²) in [5.74, 6) is -0.276. The molecule has 0 fully saturated rings. The summed E-state index contributed by atoms with van der Waals surface area (Å²) >= 11 is 4.84. The molecule has 3 rings (SSSR count). The number of amides is 1. The fraction of sp³-hybridized carbons (Fsp3) is 0. The van der Waals surface area contributed by atoms with E-state index >= 15 is 0 Å². The van der Waals surface area contributed by atoms with Crippen LogP contribution < -0.4 is 5.32 Å². The molecule has 1 aromatic heterocycles. The molecule has 1 amide bonds. The van der Waals surface area contributed by atoms with E-state index in [1.165, 1.54) is 11.3 Å². The zero-order valence-corrected chi connectivity index (χ0v) is 13.0. The van der Waals surface area contributed by atoms with Gasteiger partial charge in [-0.15, -0.1) is 0 Å². The van der Waals surface area contributed by atoms with E-state index in [4.69, 9.17) is 5.26 Å². The van der Waals surface area contributed by atoms with Crippen LogP contribution >= 0.6 is 27.3 Å². The summed E-state index contributed by atoms with van der Waals surface area (Å²) in [4.78, 5) is 16.6. The number of anilines is 1. The van der Waals surface area contributed by atoms with E-state index in [0.717, 1.165) is 14.7 Å². The summed E-state index contributed by atoms with van der Waals surface area (Å²) in [6.45, 7) is 0. The summed E-state index contributed by atoms with van der Waals surface area (Å²) in [6.07, 6.45) is 0. The Morgan fingerprint density at radius 2 is 2.10 bits per heavy atom. The highest BCUT2D eigenvalue weighted by Gasteiger charge is 2.11. The number of fused-ring (bicyclic) bond motifs is 1. The lowest BCUT2D eigenvalue weighted by molar-refractivity contribution is 0.102. The maximum Gasteiger partial charge on any atom is 0.257 e. The molecule has 0 aliphatic heterocycles. The SMILES string of the molecule is N#Cc1cccc(C(=O)Nc2nc3c(Br)cccc3s2)c1. The molecule has 0 radical (unpaired) electrons. The van der Waals surface area contributed by atoms with Crippen LogP contribution in [0.1, 0.15) is 15.9 Å². The Balaban J connectivity index is 1.89. The number of nitriles is 1. The second-order valence-corrected chi connectivity index (χ2v) is 6.14. The molecule has 6 heteroatoms. The summed E-state index contributed by atoms with van der Waals surface area (Å²) in [7, 11) is 0. The molecule has 21 heavy (non-hydrogen) atoms. The maximum absolute atomic E-state index is 12.2. The molecular weight excluding hydrogens is 350 g/mol. The van der Waals surface area contributed by atoms with Crippen molar-refractivity contribution in [3.63, 3.8) is 0 Å². The average Bonchev–Trinajstić information content (AvgIpc) is 2.91. The molecule has 0 spiro atoms. The molecule has 2 aromatic carbocycles. The largest absolute Gasteiger partial charge is 0.298 e. The fourth-order valence-electron chi connectivity index (χ4n) is 1.87. The van der Waals surface area contributed by atoms with Gasteiger partial charge in [0, 0.05) is 10.0 Å². The molecule has 0 aliphatic rings. The number of thiazole rings is 1. The Kier molecular flexibility index (Phi) is 3.69. The zero-order valence-electron chi connectivity index (χ0n) is 10.6. The van der Waals surface area contributed by atoms with Crippen molar-refractivity contribution in [1.29, 1.82) is 5.26 Å². The van der Waals surface area contributed by atoms with Gasteiger partial charge in [-0.25, -0.2) is 4.98 Å². The minimum absolute atomic E-state index is 0.276. The standard InChI is InChI=1S/C15H8BrN3OS/c16-11-5-2-6-12-13(11)18-15(21-12)19-14(20)10-4-1-3-9(7-10)8-17/h1-7H,(H,18,19,20). The van der Waals surface area contributed by atoms with Crippen LogP contribution in [0.15, 0.2) is 46.9 Å². The minimum atomic E-state index is -0.276. The van der Waals surface area contributed by atoms with Crippen molar-refractivity contribution in [3.05, 3.63) is 58.1 Å². The van der Waals surface area contributed by atoms with Gasteiger partial charge in [-0.3, -0.25) is 10.1 Å². The molecule has 0 unspecified atom stereocenters. The van der Waals surface area contributed by atoms with E-state index in [0.29, 0.717) is 16.3 Å². The molecule has 0 aliphatic carbocycles. The highest BCUT2D eigenvalue weighted by Crippen LogP contribution is 2.31. The van der Waals surface area contributed by atoms with Crippen LogP contribution in [0.25, 0.3) is 10.2 Å². The number of para-hydroxylation sites is 1. The predicted molar refractivity (Wildman–Crippen MR) is 86.4 cm³/mol. The Morgan fingerprint density at radius 3 is 2.86 bits per heavy atom. The molecule has 0 saturated heterocycles. The normalized spacial score (nSPS) is 10.3. The van der Waals surface area contributed by atoms with Crippen LogP contribution in [0, 0.1) is 11.3 Å². The first-order chi connectivity index (χ1) is 10.2. The number of aromatic nitrogens is 1. The fourth-order valence-corrected chi connectivity index (χ4v) is 3.34. The first kappa shape index (κ1) is 13.7. The van der Waals surface area contributed by atoms with Gasteiger partial charge >= 0.3 is 0 Å². The van der Waals surface area contributed by atoms with Crippen molar-refractivity contribution in [1.82, 2.24) is 4.98 Å². The van der Waals surface area contributed by atoms with Crippen molar-refractivity contribution in [2.75, 3.05) is 5.32 Å². The number of hydrogen-bond donors (Lipinski definition) is 1. The number of carbonyl (C=O) groups excluding carboxylic acids is 1. The van der Waals surface area contributed by atoms with Gasteiger partial charge in [0.05, 0.1) is 21.8 Å². The van der Waals surface area contributed by atoms with Gasteiger partial charge in [0.2, 0.25) is 0 Å². The van der Waals surface area contributed by atoms with E-state index < -0.39 is 0 Å². The Hall–Kier alpha value is -2.23. The van der Waals surface area contributed by atoms with Crippen molar-refractivity contribution in [2.45, 2.75) is 0 Å². The summed E-state index contributed by atoms with van der Waals surface area (Å²) in [6, 6.07) is 14.4. The Bertz CT molecular complexity index is 882. The third kappa shape index (κ3) is 2.79. The number of rotatable bonds is 2. The summed E-state index contributed by atoms with van der Waals surface area (Å²) in [5.41, 5.74) is 1.71. The first-order valence-electron chi connectivity index (χ1n) is 6.04. The lowest BCUT2D eigenvalue weighted by Gasteiger charge is -2.01. The molecule has 1 heterocycles. The van der Waals surface area contributed by atoms with Gasteiger partial charge < -0.3 is 0 Å². The molecule has 0 bridgehead atoms. The monoisotopic (exact) mass is 357 g/mol. The van der Waals surface area contributed by atoms with Gasteiger partial charge in [0.25, 0.3) is 5.91 Å². The summed E-state index contributed by atoms with van der Waals surface area (Å²) in [5, 5.41) is 12.2. The van der Waals surface area contributed by atoms with E-state index in [2.05, 4.69) is 26.2 Å². The number of nitrogens with one attached hydrogen (secondary N) is 1. The molecule has 1 N–H and O–H groups in total. The van der Waals surface area contributed by atoms with Crippen LogP contribution in [-0.2, 0) is 0 Å². The smallest absolute Gasteiger partial charge is 0.257 e.